The van der Waals surface area contributed by atoms with Gasteiger partial charge in [-0.15, -0.1) is 5.10 Å². The average Bonchev–Trinajstić information content (AvgIpc) is 3.08. The van der Waals surface area contributed by atoms with Gasteiger partial charge in [-0.2, -0.15) is 23.1 Å². The van der Waals surface area contributed by atoms with E-state index < -0.39 is 23.3 Å². The van der Waals surface area contributed by atoms with Crippen LogP contribution in [0.1, 0.15) is 30.8 Å². The summed E-state index contributed by atoms with van der Waals surface area (Å²) >= 11 is 6.17. The Bertz CT molecular complexity index is 1130. The second-order valence-corrected chi connectivity index (χ2v) is 7.77. The fourth-order valence-electron chi connectivity index (χ4n) is 2.57. The number of aromatic nitrogens is 3. The number of rotatable bonds is 7. The van der Waals surface area contributed by atoms with E-state index in [0.29, 0.717) is 22.8 Å². The Morgan fingerprint density at radius 3 is 2.34 bits per heavy atom. The lowest BCUT2D eigenvalue weighted by Gasteiger charge is -2.22. The molecule has 0 amide bonds. The summed E-state index contributed by atoms with van der Waals surface area (Å²) in [4.78, 5) is 12.4. The SMILES string of the molecule is Cc1nn(-c2ccc(C(F)(F)F)cc2)nc1COc1ccc(OC(C)(C)C(=O)O)c(Cl)c1. The smallest absolute Gasteiger partial charge is 0.416 e. The summed E-state index contributed by atoms with van der Waals surface area (Å²) in [7, 11) is 0. The Hall–Kier alpha value is -3.27. The zero-order chi connectivity index (χ0) is 23.7. The molecule has 0 aliphatic rings. The normalized spacial score (nSPS) is 12.0. The molecule has 0 aliphatic heterocycles. The third-order valence-electron chi connectivity index (χ3n) is 4.46. The molecule has 1 N–H and O–H groups in total. The third kappa shape index (κ3) is 5.31. The number of halogens is 4. The van der Waals surface area contributed by atoms with Gasteiger partial charge in [0.05, 0.1) is 22.0 Å². The van der Waals surface area contributed by atoms with E-state index in [0.717, 1.165) is 12.1 Å². The topological polar surface area (TPSA) is 86.5 Å². The number of benzene rings is 2. The van der Waals surface area contributed by atoms with E-state index in [2.05, 4.69) is 10.2 Å². The van der Waals surface area contributed by atoms with Gasteiger partial charge in [-0.05, 0) is 57.2 Å². The summed E-state index contributed by atoms with van der Waals surface area (Å²) in [6.07, 6.45) is -4.42. The van der Waals surface area contributed by atoms with Crippen molar-refractivity contribution in [2.45, 2.75) is 39.2 Å². The maximum atomic E-state index is 12.7. The molecule has 0 atom stereocenters. The number of alkyl halides is 3. The highest BCUT2D eigenvalue weighted by atomic mass is 35.5. The maximum Gasteiger partial charge on any atom is 0.416 e. The molecule has 2 aromatic carbocycles. The fraction of sp³-hybridized carbons (Fsp3) is 0.286. The van der Waals surface area contributed by atoms with Crippen molar-refractivity contribution >= 4 is 17.6 Å². The quantitative estimate of drug-likeness (QED) is 0.520. The molecule has 3 aromatic rings. The van der Waals surface area contributed by atoms with E-state index >= 15 is 0 Å². The molecule has 0 radical (unpaired) electrons. The molecule has 32 heavy (non-hydrogen) atoms. The molecule has 0 unspecified atom stereocenters. The lowest BCUT2D eigenvalue weighted by Crippen LogP contribution is -2.37. The van der Waals surface area contributed by atoms with Gasteiger partial charge in [0.15, 0.2) is 5.60 Å². The number of aryl methyl sites for hydroxylation is 1. The van der Waals surface area contributed by atoms with Crippen LogP contribution in [0.25, 0.3) is 5.69 Å². The van der Waals surface area contributed by atoms with Crippen LogP contribution in [0.4, 0.5) is 13.2 Å². The monoisotopic (exact) mass is 469 g/mol. The minimum absolute atomic E-state index is 0.0314. The molecule has 0 spiro atoms. The second kappa shape index (κ2) is 8.70. The van der Waals surface area contributed by atoms with Crippen LogP contribution in [0, 0.1) is 6.92 Å². The van der Waals surface area contributed by atoms with Gasteiger partial charge in [0.25, 0.3) is 0 Å². The summed E-state index contributed by atoms with van der Waals surface area (Å²) in [6.45, 7) is 4.53. The van der Waals surface area contributed by atoms with E-state index in [1.54, 1.807) is 13.0 Å². The minimum Gasteiger partial charge on any atom is -0.487 e. The van der Waals surface area contributed by atoms with Crippen LogP contribution in [0.2, 0.25) is 5.02 Å². The van der Waals surface area contributed by atoms with E-state index in [4.69, 9.17) is 26.2 Å². The highest BCUT2D eigenvalue weighted by Gasteiger charge is 2.31. The zero-order valence-electron chi connectivity index (χ0n) is 17.3. The van der Waals surface area contributed by atoms with Crippen molar-refractivity contribution in [1.29, 1.82) is 0 Å². The first-order valence-corrected chi connectivity index (χ1v) is 9.70. The van der Waals surface area contributed by atoms with Crippen LogP contribution in [0.15, 0.2) is 42.5 Å². The first-order valence-electron chi connectivity index (χ1n) is 9.32. The standard InChI is InChI=1S/C21H19ClF3N3O4/c1-12-17(27-28(26-12)14-6-4-13(5-7-14)21(23,24)25)11-31-15-8-9-18(16(22)10-15)32-20(2,3)19(29)30/h4-10H,11H2,1-3H3,(H,29,30). The summed E-state index contributed by atoms with van der Waals surface area (Å²) in [6, 6.07) is 9.02. The van der Waals surface area contributed by atoms with Gasteiger partial charge in [-0.3, -0.25) is 0 Å². The first kappa shape index (κ1) is 23.4. The van der Waals surface area contributed by atoms with Crippen LogP contribution < -0.4 is 9.47 Å². The first-order chi connectivity index (χ1) is 14.9. The van der Waals surface area contributed by atoms with Crippen molar-refractivity contribution in [3.05, 3.63) is 64.4 Å². The lowest BCUT2D eigenvalue weighted by molar-refractivity contribution is -0.152. The number of hydrogen-bond donors (Lipinski definition) is 1. The molecule has 170 valence electrons. The van der Waals surface area contributed by atoms with E-state index in [1.165, 1.54) is 42.9 Å². The van der Waals surface area contributed by atoms with Crippen molar-refractivity contribution in [1.82, 2.24) is 15.0 Å². The van der Waals surface area contributed by atoms with E-state index in [9.17, 15) is 18.0 Å². The molecule has 7 nitrogen and oxygen atoms in total. The molecule has 0 saturated carbocycles. The van der Waals surface area contributed by atoms with Crippen molar-refractivity contribution in [3.63, 3.8) is 0 Å². The fourth-order valence-corrected chi connectivity index (χ4v) is 2.77. The number of ether oxygens (including phenoxy) is 2. The summed E-state index contributed by atoms with van der Waals surface area (Å²) in [5, 5.41) is 17.8. The molecule has 0 bridgehead atoms. The van der Waals surface area contributed by atoms with Gasteiger partial charge in [0, 0.05) is 6.07 Å². The number of carboxylic acids is 1. The van der Waals surface area contributed by atoms with Crippen molar-refractivity contribution in [2.24, 2.45) is 0 Å². The van der Waals surface area contributed by atoms with Gasteiger partial charge in [-0.1, -0.05) is 11.6 Å². The predicted molar refractivity (Wildman–Crippen MR) is 109 cm³/mol. The molecule has 3 rings (SSSR count). The Balaban J connectivity index is 1.70. The molecular formula is C21H19ClF3N3O4. The van der Waals surface area contributed by atoms with Gasteiger partial charge < -0.3 is 14.6 Å². The van der Waals surface area contributed by atoms with Crippen LogP contribution in [0.5, 0.6) is 11.5 Å². The molecule has 0 saturated heterocycles. The van der Waals surface area contributed by atoms with Gasteiger partial charge in [-0.25, -0.2) is 4.79 Å². The Labute approximate surface area is 186 Å². The summed E-state index contributed by atoms with van der Waals surface area (Å²) in [5.74, 6) is -0.560. The lowest BCUT2D eigenvalue weighted by atomic mass is 10.1. The third-order valence-corrected chi connectivity index (χ3v) is 4.76. The van der Waals surface area contributed by atoms with E-state index in [-0.39, 0.29) is 17.4 Å². The molecule has 11 heteroatoms. The largest absolute Gasteiger partial charge is 0.487 e. The van der Waals surface area contributed by atoms with Gasteiger partial charge >= 0.3 is 12.1 Å². The van der Waals surface area contributed by atoms with Gasteiger partial charge in [0.2, 0.25) is 0 Å². The van der Waals surface area contributed by atoms with Crippen molar-refractivity contribution < 1.29 is 32.5 Å². The van der Waals surface area contributed by atoms with Crippen LogP contribution in [0.3, 0.4) is 0 Å². The predicted octanol–water partition coefficient (Wildman–Crippen LogP) is 5.07. The highest BCUT2D eigenvalue weighted by Crippen LogP contribution is 2.32. The van der Waals surface area contributed by atoms with Crippen LogP contribution in [-0.2, 0) is 17.6 Å². The second-order valence-electron chi connectivity index (χ2n) is 7.36. The molecule has 0 aliphatic carbocycles. The maximum absolute atomic E-state index is 12.7. The number of carbonyl (C=O) groups is 1. The molecule has 1 heterocycles. The van der Waals surface area contributed by atoms with Crippen molar-refractivity contribution in [2.75, 3.05) is 0 Å². The average molecular weight is 470 g/mol. The number of nitrogens with zero attached hydrogens (tertiary/aromatic N) is 3. The highest BCUT2D eigenvalue weighted by molar-refractivity contribution is 6.32. The Morgan fingerprint density at radius 1 is 1.12 bits per heavy atom. The van der Waals surface area contributed by atoms with Crippen LogP contribution in [-0.4, -0.2) is 31.7 Å². The van der Waals surface area contributed by atoms with E-state index in [1.807, 2.05) is 0 Å². The summed E-state index contributed by atoms with van der Waals surface area (Å²) < 4.78 is 49.3. The van der Waals surface area contributed by atoms with Crippen LogP contribution >= 0.6 is 11.6 Å². The number of carboxylic acid groups (broad SMARTS) is 1. The summed E-state index contributed by atoms with van der Waals surface area (Å²) in [5.41, 5.74) is -0.824. The number of aliphatic carboxylic acids is 1. The Kier molecular flexibility index (Phi) is 6.36. The molecular weight excluding hydrogens is 451 g/mol. The Morgan fingerprint density at radius 2 is 1.78 bits per heavy atom. The zero-order valence-corrected chi connectivity index (χ0v) is 18.0. The molecule has 0 fully saturated rings. The number of hydrogen-bond acceptors (Lipinski definition) is 5. The van der Waals surface area contributed by atoms with Gasteiger partial charge in [0.1, 0.15) is 23.8 Å². The van der Waals surface area contributed by atoms with Crippen molar-refractivity contribution in [3.8, 4) is 17.2 Å². The minimum atomic E-state index is -4.42. The molecule has 1 aromatic heterocycles.